The van der Waals surface area contributed by atoms with Crippen molar-refractivity contribution in [1.29, 1.82) is 0 Å². The predicted molar refractivity (Wildman–Crippen MR) is 106 cm³/mol. The molecule has 0 spiro atoms. The van der Waals surface area contributed by atoms with Gasteiger partial charge in [0.15, 0.2) is 0 Å². The first-order valence-corrected chi connectivity index (χ1v) is 9.47. The summed E-state index contributed by atoms with van der Waals surface area (Å²) in [5.41, 5.74) is 9.74. The molecule has 3 aromatic heterocycles. The number of imidazole rings is 1. The molecule has 1 fully saturated rings. The van der Waals surface area contributed by atoms with Gasteiger partial charge in [-0.3, -0.25) is 0 Å². The summed E-state index contributed by atoms with van der Waals surface area (Å²) >= 11 is 0. The van der Waals surface area contributed by atoms with E-state index in [0.717, 1.165) is 29.3 Å². The van der Waals surface area contributed by atoms with Crippen LogP contribution in [-0.2, 0) is 6.42 Å². The number of nitrogens with two attached hydrogens (primary N) is 1. The molecule has 1 aliphatic rings. The van der Waals surface area contributed by atoms with Crippen molar-refractivity contribution in [3.63, 3.8) is 0 Å². The van der Waals surface area contributed by atoms with Crippen LogP contribution in [-0.4, -0.2) is 46.9 Å². The third kappa shape index (κ3) is 2.73. The molecule has 0 aliphatic heterocycles. The zero-order chi connectivity index (χ0) is 19.3. The standard InChI is InChI=1S/C20H22N6O2/c21-19-13-5-6-26(20(13)25-10-24-19)16-8-12(17(27)18(16)28)3-1-11-2-4-14-15(7-11)23-9-22-14/h2,4-7,9-10,12,16-18,27-28H,1,3,8H2,(H,22,23)(H2,21,24,25)/t12-,16+,17+,18-/m0/s1. The quantitative estimate of drug-likeness (QED) is 0.429. The molecule has 0 amide bonds. The number of rotatable bonds is 4. The Morgan fingerprint density at radius 1 is 1.14 bits per heavy atom. The second kappa shape index (κ2) is 6.57. The SMILES string of the molecule is Nc1ncnc2c1ccn2[C@@H]1C[C@H](CCc2ccc3[nH]cnc3c2)[C@@H](O)[C@H]1O. The zero-order valence-corrected chi connectivity index (χ0v) is 15.2. The van der Waals surface area contributed by atoms with Crippen LogP contribution >= 0.6 is 0 Å². The smallest absolute Gasteiger partial charge is 0.145 e. The topological polar surface area (TPSA) is 126 Å². The molecule has 1 aliphatic carbocycles. The van der Waals surface area contributed by atoms with Crippen molar-refractivity contribution in [3.05, 3.63) is 48.7 Å². The van der Waals surface area contributed by atoms with Crippen molar-refractivity contribution in [3.8, 4) is 0 Å². The van der Waals surface area contributed by atoms with Gasteiger partial charge in [-0.15, -0.1) is 0 Å². The maximum absolute atomic E-state index is 10.7. The second-order valence-corrected chi connectivity index (χ2v) is 7.56. The average molecular weight is 378 g/mol. The number of nitrogen functional groups attached to an aromatic ring is 1. The number of H-pyrrole nitrogens is 1. The van der Waals surface area contributed by atoms with Gasteiger partial charge in [0.1, 0.15) is 23.9 Å². The van der Waals surface area contributed by atoms with Crippen LogP contribution in [0.5, 0.6) is 0 Å². The third-order valence-corrected chi connectivity index (χ3v) is 5.96. The van der Waals surface area contributed by atoms with Crippen LogP contribution in [0.15, 0.2) is 43.1 Å². The van der Waals surface area contributed by atoms with E-state index in [1.807, 2.05) is 22.9 Å². The number of aryl methyl sites for hydroxylation is 1. The molecule has 28 heavy (non-hydrogen) atoms. The van der Waals surface area contributed by atoms with Crippen molar-refractivity contribution in [2.75, 3.05) is 5.73 Å². The van der Waals surface area contributed by atoms with Crippen LogP contribution in [0.1, 0.15) is 24.4 Å². The van der Waals surface area contributed by atoms with Crippen molar-refractivity contribution >= 4 is 27.9 Å². The number of aliphatic hydroxyl groups excluding tert-OH is 2. The van der Waals surface area contributed by atoms with E-state index in [1.54, 1.807) is 6.33 Å². The van der Waals surface area contributed by atoms with Gasteiger partial charge < -0.3 is 25.5 Å². The van der Waals surface area contributed by atoms with Gasteiger partial charge >= 0.3 is 0 Å². The lowest BCUT2D eigenvalue weighted by atomic mass is 9.96. The first-order chi connectivity index (χ1) is 13.6. The molecular formula is C20H22N6O2. The zero-order valence-electron chi connectivity index (χ0n) is 15.2. The Kier molecular flexibility index (Phi) is 4.03. The maximum atomic E-state index is 10.7. The summed E-state index contributed by atoms with van der Waals surface area (Å²) in [5, 5.41) is 22.1. The number of aliphatic hydroxyl groups is 2. The highest BCUT2D eigenvalue weighted by Crippen LogP contribution is 2.39. The van der Waals surface area contributed by atoms with Gasteiger partial charge in [0.2, 0.25) is 0 Å². The molecule has 5 rings (SSSR count). The van der Waals surface area contributed by atoms with Crippen LogP contribution < -0.4 is 5.73 Å². The minimum absolute atomic E-state index is 0.00603. The number of aromatic nitrogens is 5. The number of nitrogens with zero attached hydrogens (tertiary/aromatic N) is 4. The van der Waals surface area contributed by atoms with E-state index in [0.29, 0.717) is 17.9 Å². The molecule has 4 atom stereocenters. The van der Waals surface area contributed by atoms with E-state index in [-0.39, 0.29) is 12.0 Å². The highest BCUT2D eigenvalue weighted by molar-refractivity contribution is 5.86. The number of fused-ring (bicyclic) bond motifs is 2. The van der Waals surface area contributed by atoms with Gasteiger partial charge in [-0.25, -0.2) is 15.0 Å². The normalized spacial score (nSPS) is 25.1. The largest absolute Gasteiger partial charge is 0.390 e. The number of hydrogen-bond acceptors (Lipinski definition) is 6. The minimum Gasteiger partial charge on any atom is -0.390 e. The highest BCUT2D eigenvalue weighted by Gasteiger charge is 2.42. The number of anilines is 1. The molecule has 8 heteroatoms. The van der Waals surface area contributed by atoms with E-state index < -0.39 is 12.2 Å². The van der Waals surface area contributed by atoms with Crippen molar-refractivity contribution < 1.29 is 10.2 Å². The molecule has 4 aromatic rings. The van der Waals surface area contributed by atoms with Gasteiger partial charge in [-0.2, -0.15) is 0 Å². The van der Waals surface area contributed by atoms with Gasteiger partial charge in [0.25, 0.3) is 0 Å². The first kappa shape index (κ1) is 17.2. The van der Waals surface area contributed by atoms with E-state index >= 15 is 0 Å². The molecule has 3 heterocycles. The Hall–Kier alpha value is -2.97. The number of benzene rings is 1. The van der Waals surface area contributed by atoms with Crippen molar-refractivity contribution in [2.24, 2.45) is 5.92 Å². The van der Waals surface area contributed by atoms with Crippen molar-refractivity contribution in [1.82, 2.24) is 24.5 Å². The Morgan fingerprint density at radius 2 is 2.04 bits per heavy atom. The Labute approximate surface area is 161 Å². The number of hydrogen-bond donors (Lipinski definition) is 4. The molecule has 5 N–H and O–H groups in total. The van der Waals surface area contributed by atoms with E-state index in [1.165, 1.54) is 11.9 Å². The summed E-state index contributed by atoms with van der Waals surface area (Å²) in [6.07, 6.45) is 5.67. The van der Waals surface area contributed by atoms with Gasteiger partial charge in [0, 0.05) is 6.20 Å². The van der Waals surface area contributed by atoms with Crippen LogP contribution in [0.25, 0.3) is 22.1 Å². The average Bonchev–Trinajstić information content (AvgIpc) is 3.40. The van der Waals surface area contributed by atoms with Crippen LogP contribution in [0.3, 0.4) is 0 Å². The molecule has 1 aromatic carbocycles. The molecule has 0 bridgehead atoms. The summed E-state index contributed by atoms with van der Waals surface area (Å²) in [4.78, 5) is 15.7. The third-order valence-electron chi connectivity index (χ3n) is 5.96. The fraction of sp³-hybridized carbons (Fsp3) is 0.350. The Balaban J connectivity index is 1.35. The Morgan fingerprint density at radius 3 is 2.93 bits per heavy atom. The molecule has 8 nitrogen and oxygen atoms in total. The maximum Gasteiger partial charge on any atom is 0.145 e. The van der Waals surface area contributed by atoms with Crippen LogP contribution in [0.2, 0.25) is 0 Å². The van der Waals surface area contributed by atoms with Gasteiger partial charge in [0.05, 0.1) is 34.9 Å². The van der Waals surface area contributed by atoms with Crippen LogP contribution in [0, 0.1) is 5.92 Å². The van der Waals surface area contributed by atoms with Gasteiger partial charge in [-0.05, 0) is 48.9 Å². The lowest BCUT2D eigenvalue weighted by Crippen LogP contribution is -2.29. The molecule has 0 saturated heterocycles. The predicted octanol–water partition coefficient (Wildman–Crippen LogP) is 1.81. The summed E-state index contributed by atoms with van der Waals surface area (Å²) in [5.74, 6) is 0.425. The molecular weight excluding hydrogens is 356 g/mol. The lowest BCUT2D eigenvalue weighted by molar-refractivity contribution is 0.00545. The number of nitrogens with one attached hydrogen (secondary N) is 1. The lowest BCUT2D eigenvalue weighted by Gasteiger charge is -2.19. The summed E-state index contributed by atoms with van der Waals surface area (Å²) in [7, 11) is 0. The fourth-order valence-electron chi connectivity index (χ4n) is 4.41. The molecule has 0 radical (unpaired) electrons. The van der Waals surface area contributed by atoms with E-state index in [2.05, 4.69) is 32.1 Å². The first-order valence-electron chi connectivity index (χ1n) is 9.47. The fourth-order valence-corrected chi connectivity index (χ4v) is 4.41. The second-order valence-electron chi connectivity index (χ2n) is 7.56. The van der Waals surface area contributed by atoms with Crippen molar-refractivity contribution in [2.45, 2.75) is 37.5 Å². The molecule has 0 unspecified atom stereocenters. The monoisotopic (exact) mass is 378 g/mol. The van der Waals surface area contributed by atoms with Crippen LogP contribution in [0.4, 0.5) is 5.82 Å². The van der Waals surface area contributed by atoms with E-state index in [4.69, 9.17) is 5.73 Å². The summed E-state index contributed by atoms with van der Waals surface area (Å²) < 4.78 is 1.91. The minimum atomic E-state index is -0.842. The summed E-state index contributed by atoms with van der Waals surface area (Å²) in [6, 6.07) is 7.79. The summed E-state index contributed by atoms with van der Waals surface area (Å²) in [6.45, 7) is 0. The highest BCUT2D eigenvalue weighted by atomic mass is 16.3. The molecule has 144 valence electrons. The van der Waals surface area contributed by atoms with Gasteiger partial charge in [-0.1, -0.05) is 6.07 Å². The molecule has 1 saturated carbocycles. The van der Waals surface area contributed by atoms with E-state index in [9.17, 15) is 10.2 Å². The Bertz CT molecular complexity index is 1140. The number of aromatic amines is 1.